The predicted octanol–water partition coefficient (Wildman–Crippen LogP) is 4.05. The van der Waals surface area contributed by atoms with E-state index in [4.69, 9.17) is 9.47 Å². The number of hydrazone groups is 1. The van der Waals surface area contributed by atoms with Crippen molar-refractivity contribution in [2.24, 2.45) is 5.10 Å². The van der Waals surface area contributed by atoms with Crippen LogP contribution in [0.2, 0.25) is 0 Å². The van der Waals surface area contributed by atoms with Gasteiger partial charge >= 0.3 is 5.97 Å². The van der Waals surface area contributed by atoms with E-state index < -0.39 is 5.97 Å². The van der Waals surface area contributed by atoms with Gasteiger partial charge in [0, 0.05) is 0 Å². The van der Waals surface area contributed by atoms with Crippen LogP contribution in [-0.4, -0.2) is 24.7 Å². The highest BCUT2D eigenvalue weighted by Crippen LogP contribution is 2.16. The van der Waals surface area contributed by atoms with Crippen molar-refractivity contribution < 1.29 is 19.1 Å². The summed E-state index contributed by atoms with van der Waals surface area (Å²) < 4.78 is 10.8. The summed E-state index contributed by atoms with van der Waals surface area (Å²) in [5, 5.41) is 3.91. The normalized spacial score (nSPS) is 10.6. The molecule has 152 valence electrons. The monoisotopic (exact) mass is 402 g/mol. The molecule has 0 aliphatic rings. The zero-order valence-electron chi connectivity index (χ0n) is 16.8. The fourth-order valence-electron chi connectivity index (χ4n) is 2.53. The van der Waals surface area contributed by atoms with E-state index in [9.17, 15) is 9.59 Å². The Morgan fingerprint density at radius 1 is 0.900 bits per heavy atom. The average molecular weight is 402 g/mol. The lowest BCUT2D eigenvalue weighted by atomic mass is 10.1. The summed E-state index contributed by atoms with van der Waals surface area (Å²) in [6, 6.07) is 21.2. The number of amides is 1. The maximum absolute atomic E-state index is 12.0. The first kappa shape index (κ1) is 20.8. The molecule has 0 saturated heterocycles. The largest absolute Gasteiger partial charge is 0.484 e. The number of carbonyl (C=O) groups is 2. The molecular weight excluding hydrogens is 380 g/mol. The molecule has 0 fully saturated rings. The second-order valence-electron chi connectivity index (χ2n) is 6.65. The van der Waals surface area contributed by atoms with Gasteiger partial charge in [-0.15, -0.1) is 0 Å². The lowest BCUT2D eigenvalue weighted by Crippen LogP contribution is -2.24. The highest BCUT2D eigenvalue weighted by atomic mass is 16.5. The summed E-state index contributed by atoms with van der Waals surface area (Å²) >= 11 is 0. The summed E-state index contributed by atoms with van der Waals surface area (Å²) in [6.07, 6.45) is 1.50. The number of hydrogen-bond acceptors (Lipinski definition) is 5. The molecule has 1 amide bonds. The van der Waals surface area contributed by atoms with Crippen molar-refractivity contribution >= 4 is 18.1 Å². The topological polar surface area (TPSA) is 77.0 Å². The van der Waals surface area contributed by atoms with E-state index in [0.717, 1.165) is 16.7 Å². The Morgan fingerprint density at radius 2 is 1.60 bits per heavy atom. The number of hydrogen-bond donors (Lipinski definition) is 1. The van der Waals surface area contributed by atoms with Gasteiger partial charge in [-0.05, 0) is 79.1 Å². The molecular formula is C24H22N2O4. The Labute approximate surface area is 175 Å². The molecule has 3 rings (SSSR count). The molecule has 0 bridgehead atoms. The standard InChI is InChI=1S/C24H22N2O4/c1-17-8-11-22(14-18(17)2)29-16-23(27)26-25-15-19-9-12-21(13-10-19)30-24(28)20-6-4-3-5-7-20/h3-15H,16H2,1-2H3,(H,26,27)/b25-15-. The number of nitrogens with zero attached hydrogens (tertiary/aromatic N) is 1. The first-order chi connectivity index (χ1) is 14.5. The van der Waals surface area contributed by atoms with Crippen molar-refractivity contribution in [3.05, 3.63) is 95.1 Å². The van der Waals surface area contributed by atoms with Gasteiger partial charge in [0.2, 0.25) is 0 Å². The number of ether oxygens (including phenoxy) is 2. The molecule has 6 heteroatoms. The summed E-state index contributed by atoms with van der Waals surface area (Å²) in [6.45, 7) is 3.87. The molecule has 0 atom stereocenters. The number of carbonyl (C=O) groups excluding carboxylic acids is 2. The van der Waals surface area contributed by atoms with Crippen LogP contribution in [0.15, 0.2) is 77.9 Å². The third kappa shape index (κ3) is 6.04. The first-order valence-corrected chi connectivity index (χ1v) is 9.40. The minimum atomic E-state index is -0.423. The number of esters is 1. The summed E-state index contributed by atoms with van der Waals surface area (Å²) in [5.74, 6) is 0.274. The highest BCUT2D eigenvalue weighted by Gasteiger charge is 2.07. The van der Waals surface area contributed by atoms with Crippen molar-refractivity contribution in [1.82, 2.24) is 5.43 Å². The fourth-order valence-corrected chi connectivity index (χ4v) is 2.53. The zero-order chi connectivity index (χ0) is 21.3. The Morgan fingerprint density at radius 3 is 2.30 bits per heavy atom. The second-order valence-corrected chi connectivity index (χ2v) is 6.65. The van der Waals surface area contributed by atoms with Crippen molar-refractivity contribution in [2.45, 2.75) is 13.8 Å². The molecule has 0 heterocycles. The van der Waals surface area contributed by atoms with Gasteiger partial charge in [0.05, 0.1) is 11.8 Å². The average Bonchev–Trinajstić information content (AvgIpc) is 2.76. The van der Waals surface area contributed by atoms with E-state index in [1.807, 2.05) is 38.1 Å². The van der Waals surface area contributed by atoms with E-state index in [1.165, 1.54) is 6.21 Å². The maximum Gasteiger partial charge on any atom is 0.343 e. The van der Waals surface area contributed by atoms with Gasteiger partial charge in [-0.3, -0.25) is 4.79 Å². The molecule has 0 aliphatic carbocycles. The molecule has 0 aliphatic heterocycles. The Hall–Kier alpha value is -3.93. The Bertz CT molecular complexity index is 1040. The zero-order valence-corrected chi connectivity index (χ0v) is 16.8. The molecule has 3 aromatic carbocycles. The summed E-state index contributed by atoms with van der Waals surface area (Å²) in [4.78, 5) is 23.9. The minimum Gasteiger partial charge on any atom is -0.484 e. The van der Waals surface area contributed by atoms with Crippen LogP contribution in [0.5, 0.6) is 11.5 Å². The molecule has 6 nitrogen and oxygen atoms in total. The van der Waals surface area contributed by atoms with Gasteiger partial charge in [0.15, 0.2) is 6.61 Å². The number of rotatable bonds is 7. The molecule has 0 aromatic heterocycles. The van der Waals surface area contributed by atoms with Gasteiger partial charge in [-0.25, -0.2) is 10.2 Å². The molecule has 30 heavy (non-hydrogen) atoms. The predicted molar refractivity (Wildman–Crippen MR) is 115 cm³/mol. The fraction of sp³-hybridized carbons (Fsp3) is 0.125. The quantitative estimate of drug-likeness (QED) is 0.280. The van der Waals surface area contributed by atoms with Crippen LogP contribution in [0.25, 0.3) is 0 Å². The molecule has 1 N–H and O–H groups in total. The molecule has 0 radical (unpaired) electrons. The highest BCUT2D eigenvalue weighted by molar-refractivity contribution is 5.91. The van der Waals surface area contributed by atoms with E-state index in [1.54, 1.807) is 48.5 Å². The van der Waals surface area contributed by atoms with Crippen LogP contribution in [-0.2, 0) is 4.79 Å². The van der Waals surface area contributed by atoms with E-state index >= 15 is 0 Å². The second kappa shape index (κ2) is 10.0. The van der Waals surface area contributed by atoms with Crippen LogP contribution in [0.1, 0.15) is 27.0 Å². The molecule has 0 saturated carbocycles. The maximum atomic E-state index is 12.0. The Balaban J connectivity index is 1.46. The molecule has 0 unspecified atom stereocenters. The van der Waals surface area contributed by atoms with Crippen molar-refractivity contribution in [2.75, 3.05) is 6.61 Å². The lowest BCUT2D eigenvalue weighted by molar-refractivity contribution is -0.123. The number of aryl methyl sites for hydroxylation is 2. The van der Waals surface area contributed by atoms with E-state index in [0.29, 0.717) is 17.1 Å². The van der Waals surface area contributed by atoms with Crippen LogP contribution in [0.3, 0.4) is 0 Å². The van der Waals surface area contributed by atoms with Crippen molar-refractivity contribution in [3.8, 4) is 11.5 Å². The number of nitrogens with one attached hydrogen (secondary N) is 1. The van der Waals surface area contributed by atoms with Gasteiger partial charge in [0.25, 0.3) is 5.91 Å². The third-order valence-corrected chi connectivity index (χ3v) is 4.35. The SMILES string of the molecule is Cc1ccc(OCC(=O)N/N=C\c2ccc(OC(=O)c3ccccc3)cc2)cc1C. The van der Waals surface area contributed by atoms with Crippen LogP contribution < -0.4 is 14.9 Å². The summed E-state index contributed by atoms with van der Waals surface area (Å²) in [7, 11) is 0. The van der Waals surface area contributed by atoms with Crippen LogP contribution >= 0.6 is 0 Å². The van der Waals surface area contributed by atoms with E-state index in [2.05, 4.69) is 10.5 Å². The minimum absolute atomic E-state index is 0.131. The van der Waals surface area contributed by atoms with Crippen molar-refractivity contribution in [1.29, 1.82) is 0 Å². The Kier molecular flexibility index (Phi) is 6.95. The van der Waals surface area contributed by atoms with Crippen LogP contribution in [0.4, 0.5) is 0 Å². The van der Waals surface area contributed by atoms with Gasteiger partial charge in [0.1, 0.15) is 11.5 Å². The van der Waals surface area contributed by atoms with Crippen LogP contribution in [0, 0.1) is 13.8 Å². The summed E-state index contributed by atoms with van der Waals surface area (Å²) in [5.41, 5.74) is 5.90. The number of benzene rings is 3. The van der Waals surface area contributed by atoms with E-state index in [-0.39, 0.29) is 12.5 Å². The molecule has 0 spiro atoms. The van der Waals surface area contributed by atoms with Gasteiger partial charge in [-0.2, -0.15) is 5.10 Å². The molecule has 3 aromatic rings. The first-order valence-electron chi connectivity index (χ1n) is 9.40. The van der Waals surface area contributed by atoms with Gasteiger partial charge < -0.3 is 9.47 Å². The smallest absolute Gasteiger partial charge is 0.343 e. The van der Waals surface area contributed by atoms with Gasteiger partial charge in [-0.1, -0.05) is 24.3 Å². The third-order valence-electron chi connectivity index (χ3n) is 4.35. The van der Waals surface area contributed by atoms with Crippen molar-refractivity contribution in [3.63, 3.8) is 0 Å². The lowest BCUT2D eigenvalue weighted by Gasteiger charge is -2.07.